The quantitative estimate of drug-likeness (QED) is 0.655. The average molecular weight is 252 g/mol. The molecule has 17 heavy (non-hydrogen) atoms. The third kappa shape index (κ3) is 2.66. The van der Waals surface area contributed by atoms with E-state index in [9.17, 15) is 4.79 Å². The number of hydrogen-bond acceptors (Lipinski definition) is 4. The van der Waals surface area contributed by atoms with Crippen LogP contribution in [-0.4, -0.2) is 16.1 Å². The Hall–Kier alpha value is -1.36. The normalized spacial score (nSPS) is 11.1. The standard InChI is InChI=1S/C12H16N2O2S/c1-2-17-7-3-6-14-10-8-9(13)4-5-11(10)16-12(14)15/h4-5,8H,2-3,6-7,13H2,1H3. The SMILES string of the molecule is CCSCCCn1c(=O)oc2ccc(N)cc21. The molecular weight excluding hydrogens is 236 g/mol. The Bertz CT molecular complexity index is 559. The summed E-state index contributed by atoms with van der Waals surface area (Å²) in [5.74, 6) is 1.86. The molecule has 0 saturated carbocycles. The molecule has 0 aliphatic heterocycles. The lowest BCUT2D eigenvalue weighted by Crippen LogP contribution is -2.14. The highest BCUT2D eigenvalue weighted by Crippen LogP contribution is 2.16. The van der Waals surface area contributed by atoms with E-state index in [-0.39, 0.29) is 5.76 Å². The molecule has 0 atom stereocenters. The summed E-state index contributed by atoms with van der Waals surface area (Å²) >= 11 is 1.87. The molecule has 4 nitrogen and oxygen atoms in total. The first kappa shape index (κ1) is 12.1. The minimum Gasteiger partial charge on any atom is -0.408 e. The summed E-state index contributed by atoms with van der Waals surface area (Å²) in [6.07, 6.45) is 0.960. The fourth-order valence-corrected chi connectivity index (χ4v) is 2.38. The van der Waals surface area contributed by atoms with Gasteiger partial charge in [-0.2, -0.15) is 11.8 Å². The Morgan fingerprint density at radius 1 is 1.47 bits per heavy atom. The molecule has 2 N–H and O–H groups in total. The van der Waals surface area contributed by atoms with Crippen LogP contribution in [0.1, 0.15) is 13.3 Å². The maximum Gasteiger partial charge on any atom is 0.419 e. The molecule has 92 valence electrons. The van der Waals surface area contributed by atoms with Crippen LogP contribution in [0.5, 0.6) is 0 Å². The Morgan fingerprint density at radius 3 is 3.06 bits per heavy atom. The highest BCUT2D eigenvalue weighted by atomic mass is 32.2. The van der Waals surface area contributed by atoms with Gasteiger partial charge in [-0.1, -0.05) is 6.92 Å². The molecular formula is C12H16N2O2S. The Kier molecular flexibility index (Phi) is 3.78. The van der Waals surface area contributed by atoms with Crippen molar-refractivity contribution >= 4 is 28.5 Å². The van der Waals surface area contributed by atoms with E-state index < -0.39 is 0 Å². The summed E-state index contributed by atoms with van der Waals surface area (Å²) in [7, 11) is 0. The monoisotopic (exact) mass is 252 g/mol. The van der Waals surface area contributed by atoms with Crippen LogP contribution in [-0.2, 0) is 6.54 Å². The number of oxazole rings is 1. The van der Waals surface area contributed by atoms with Crippen molar-refractivity contribution in [3.05, 3.63) is 28.7 Å². The maximum atomic E-state index is 11.7. The molecule has 0 aliphatic rings. The number of nitrogen functional groups attached to an aromatic ring is 1. The van der Waals surface area contributed by atoms with E-state index in [1.54, 1.807) is 22.8 Å². The van der Waals surface area contributed by atoms with Crippen molar-refractivity contribution in [2.45, 2.75) is 19.9 Å². The van der Waals surface area contributed by atoms with Crippen LogP contribution in [0.2, 0.25) is 0 Å². The van der Waals surface area contributed by atoms with E-state index in [0.717, 1.165) is 23.4 Å². The highest BCUT2D eigenvalue weighted by molar-refractivity contribution is 7.99. The number of aromatic nitrogens is 1. The van der Waals surface area contributed by atoms with Gasteiger partial charge in [-0.3, -0.25) is 4.57 Å². The zero-order chi connectivity index (χ0) is 12.3. The zero-order valence-corrected chi connectivity index (χ0v) is 10.6. The molecule has 0 bridgehead atoms. The first-order valence-electron chi connectivity index (χ1n) is 5.69. The lowest BCUT2D eigenvalue weighted by molar-refractivity contribution is 0.503. The summed E-state index contributed by atoms with van der Waals surface area (Å²) in [6, 6.07) is 5.26. The van der Waals surface area contributed by atoms with Crippen LogP contribution in [0, 0.1) is 0 Å². The predicted octanol–water partition coefficient (Wildman–Crippen LogP) is 2.32. The van der Waals surface area contributed by atoms with Crippen LogP contribution in [0.3, 0.4) is 0 Å². The summed E-state index contributed by atoms with van der Waals surface area (Å²) in [5.41, 5.74) is 7.76. The van der Waals surface area contributed by atoms with Gasteiger partial charge in [-0.15, -0.1) is 0 Å². The Balaban J connectivity index is 2.23. The number of hydrogen-bond donors (Lipinski definition) is 1. The van der Waals surface area contributed by atoms with Gasteiger partial charge in [0.05, 0.1) is 5.52 Å². The van der Waals surface area contributed by atoms with Crippen molar-refractivity contribution < 1.29 is 4.42 Å². The van der Waals surface area contributed by atoms with Crippen molar-refractivity contribution in [2.24, 2.45) is 0 Å². The number of fused-ring (bicyclic) bond motifs is 1. The van der Waals surface area contributed by atoms with Crippen LogP contribution in [0.25, 0.3) is 11.1 Å². The molecule has 1 heterocycles. The van der Waals surface area contributed by atoms with E-state index in [1.165, 1.54) is 0 Å². The second-order valence-electron chi connectivity index (χ2n) is 3.80. The number of nitrogens with two attached hydrogens (primary N) is 1. The summed E-state index contributed by atoms with van der Waals surface area (Å²) in [4.78, 5) is 11.7. The number of aryl methyl sites for hydroxylation is 1. The van der Waals surface area contributed by atoms with Gasteiger partial charge in [-0.25, -0.2) is 4.79 Å². The summed E-state index contributed by atoms with van der Waals surface area (Å²) in [6.45, 7) is 2.81. The summed E-state index contributed by atoms with van der Waals surface area (Å²) in [5, 5.41) is 0. The second-order valence-corrected chi connectivity index (χ2v) is 5.19. The van der Waals surface area contributed by atoms with Gasteiger partial charge in [0, 0.05) is 12.2 Å². The van der Waals surface area contributed by atoms with Gasteiger partial charge >= 0.3 is 5.76 Å². The second kappa shape index (κ2) is 5.31. The molecule has 5 heteroatoms. The van der Waals surface area contributed by atoms with Crippen molar-refractivity contribution in [3.8, 4) is 0 Å². The molecule has 1 aromatic carbocycles. The third-order valence-electron chi connectivity index (χ3n) is 2.57. The average Bonchev–Trinajstić information content (AvgIpc) is 2.61. The Labute approximate surface area is 104 Å². The zero-order valence-electron chi connectivity index (χ0n) is 9.81. The van der Waals surface area contributed by atoms with E-state index in [1.807, 2.05) is 11.8 Å². The van der Waals surface area contributed by atoms with E-state index >= 15 is 0 Å². The predicted molar refractivity (Wildman–Crippen MR) is 72.5 cm³/mol. The first-order chi connectivity index (χ1) is 8.22. The molecule has 0 amide bonds. The van der Waals surface area contributed by atoms with Crippen molar-refractivity contribution in [2.75, 3.05) is 17.2 Å². The molecule has 2 rings (SSSR count). The smallest absolute Gasteiger partial charge is 0.408 e. The van der Waals surface area contributed by atoms with Gasteiger partial charge in [0.25, 0.3) is 0 Å². The molecule has 2 aromatic rings. The molecule has 0 aliphatic carbocycles. The van der Waals surface area contributed by atoms with Gasteiger partial charge in [-0.05, 0) is 36.1 Å². The molecule has 0 spiro atoms. The summed E-state index contributed by atoms with van der Waals surface area (Å²) < 4.78 is 6.81. The highest BCUT2D eigenvalue weighted by Gasteiger charge is 2.08. The van der Waals surface area contributed by atoms with Crippen molar-refractivity contribution in [1.82, 2.24) is 4.57 Å². The lowest BCUT2D eigenvalue weighted by atomic mass is 10.3. The molecule has 0 fully saturated rings. The van der Waals surface area contributed by atoms with Crippen LogP contribution in [0.4, 0.5) is 5.69 Å². The largest absolute Gasteiger partial charge is 0.419 e. The van der Waals surface area contributed by atoms with E-state index in [0.29, 0.717) is 17.8 Å². The van der Waals surface area contributed by atoms with Crippen molar-refractivity contribution in [3.63, 3.8) is 0 Å². The maximum absolute atomic E-state index is 11.7. The lowest BCUT2D eigenvalue weighted by Gasteiger charge is -2.02. The number of thioether (sulfide) groups is 1. The molecule has 1 aromatic heterocycles. The molecule has 0 radical (unpaired) electrons. The van der Waals surface area contributed by atoms with E-state index in [4.69, 9.17) is 10.2 Å². The third-order valence-corrected chi connectivity index (χ3v) is 3.55. The number of anilines is 1. The molecule has 0 saturated heterocycles. The fraction of sp³-hybridized carbons (Fsp3) is 0.417. The van der Waals surface area contributed by atoms with E-state index in [2.05, 4.69) is 6.92 Å². The number of rotatable bonds is 5. The number of benzene rings is 1. The first-order valence-corrected chi connectivity index (χ1v) is 6.84. The van der Waals surface area contributed by atoms with Gasteiger partial charge < -0.3 is 10.2 Å². The van der Waals surface area contributed by atoms with Crippen molar-refractivity contribution in [1.29, 1.82) is 0 Å². The molecule has 0 unspecified atom stereocenters. The minimum atomic E-state index is -0.299. The minimum absolute atomic E-state index is 0.299. The number of nitrogens with zero attached hydrogens (tertiary/aromatic N) is 1. The van der Waals surface area contributed by atoms with Gasteiger partial charge in [0.2, 0.25) is 0 Å². The van der Waals surface area contributed by atoms with Gasteiger partial charge in [0.15, 0.2) is 5.58 Å². The van der Waals surface area contributed by atoms with Gasteiger partial charge in [0.1, 0.15) is 0 Å². The Morgan fingerprint density at radius 2 is 2.29 bits per heavy atom. The fourth-order valence-electron chi connectivity index (χ4n) is 1.76. The van der Waals surface area contributed by atoms with Crippen LogP contribution in [0.15, 0.2) is 27.4 Å². The van der Waals surface area contributed by atoms with Crippen LogP contribution >= 0.6 is 11.8 Å². The topological polar surface area (TPSA) is 61.2 Å². The van der Waals surface area contributed by atoms with Crippen LogP contribution < -0.4 is 11.5 Å².